The van der Waals surface area contributed by atoms with Crippen LogP contribution in [0.15, 0.2) is 72.9 Å². The largest absolute Gasteiger partial charge is 0.485 e. The number of aryl methyl sites for hydroxylation is 1. The Hall–Kier alpha value is -6.71. The number of nitrogens with zero attached hydrogens (tertiary/aromatic N) is 3. The summed E-state index contributed by atoms with van der Waals surface area (Å²) in [7, 11) is 0. The number of unbranched alkanes of at least 4 members (excludes halogenated alkanes) is 9. The van der Waals surface area contributed by atoms with Crippen LogP contribution in [0.1, 0.15) is 148 Å². The fourth-order valence-corrected chi connectivity index (χ4v) is 9.46. The molecule has 4 aliphatic rings. The van der Waals surface area contributed by atoms with Crippen LogP contribution in [0.2, 0.25) is 0 Å². The molecule has 3 heterocycles. The van der Waals surface area contributed by atoms with Crippen LogP contribution in [-0.2, 0) is 47.3 Å². The second-order valence-electron chi connectivity index (χ2n) is 18.4. The Labute approximate surface area is 395 Å². The van der Waals surface area contributed by atoms with Crippen LogP contribution in [0, 0.1) is 5.82 Å². The second kappa shape index (κ2) is 21.9. The number of imide groups is 2. The number of allylic oxidation sites excluding steroid dienone is 1. The first-order valence-corrected chi connectivity index (χ1v) is 23.8. The van der Waals surface area contributed by atoms with E-state index in [1.807, 2.05) is 19.9 Å². The number of fused-ring (bicyclic) bond motifs is 3. The third kappa shape index (κ3) is 11.2. The van der Waals surface area contributed by atoms with Gasteiger partial charge in [-0.2, -0.15) is 0 Å². The van der Waals surface area contributed by atoms with Crippen molar-refractivity contribution >= 4 is 53.0 Å². The topological polar surface area (TPSA) is 189 Å². The highest BCUT2D eigenvalue weighted by atomic mass is 19.1. The molecule has 3 aromatic carbocycles. The Kier molecular flexibility index (Phi) is 15.9. The molecule has 3 aromatic rings. The zero-order valence-corrected chi connectivity index (χ0v) is 38.9. The molecule has 0 radical (unpaired) electrons. The lowest BCUT2D eigenvalue weighted by Crippen LogP contribution is -2.51. The predicted molar refractivity (Wildman–Crippen MR) is 249 cm³/mol. The third-order valence-electron chi connectivity index (χ3n) is 13.2. The number of piperidine rings is 1. The molecule has 7 amide bonds. The molecule has 1 spiro atoms. The van der Waals surface area contributed by atoms with Gasteiger partial charge in [0.15, 0.2) is 5.78 Å². The number of nitrogens with one attached hydrogen (secondary N) is 2. The summed E-state index contributed by atoms with van der Waals surface area (Å²) in [6.45, 7) is 6.89. The summed E-state index contributed by atoms with van der Waals surface area (Å²) in [6.07, 6.45) is 11.0. The van der Waals surface area contributed by atoms with Gasteiger partial charge in [0.05, 0.1) is 11.1 Å². The predicted octanol–water partition coefficient (Wildman–Crippen LogP) is 8.04. The van der Waals surface area contributed by atoms with Gasteiger partial charge >= 0.3 is 6.09 Å². The molecule has 2 saturated heterocycles. The van der Waals surface area contributed by atoms with Crippen molar-refractivity contribution in [3.05, 3.63) is 107 Å². The molecule has 0 aromatic heterocycles. The Morgan fingerprint density at radius 2 is 1.56 bits per heavy atom. The Morgan fingerprint density at radius 3 is 2.24 bits per heavy atom. The molecular weight excluding hydrogens is 874 g/mol. The number of halogens is 1. The Balaban J connectivity index is 0.737. The van der Waals surface area contributed by atoms with Crippen LogP contribution in [0.25, 0.3) is 0 Å². The van der Waals surface area contributed by atoms with Crippen LogP contribution in [0.3, 0.4) is 0 Å². The van der Waals surface area contributed by atoms with E-state index in [4.69, 9.17) is 9.47 Å². The average Bonchev–Trinajstić information content (AvgIpc) is 3.88. The van der Waals surface area contributed by atoms with E-state index in [9.17, 15) is 42.7 Å². The molecule has 15 nitrogen and oxygen atoms in total. The number of rotatable bonds is 23. The van der Waals surface area contributed by atoms with Crippen molar-refractivity contribution < 1.29 is 52.2 Å². The highest BCUT2D eigenvalue weighted by molar-refractivity contribution is 6.24. The van der Waals surface area contributed by atoms with Crippen molar-refractivity contribution in [3.63, 3.8) is 0 Å². The number of carbonyl (C=O) groups is 8. The zero-order chi connectivity index (χ0) is 48.5. The monoisotopic (exact) mass is 933 g/mol. The normalized spacial score (nSPS) is 18.6. The molecule has 2 atom stereocenters. The molecule has 68 heavy (non-hydrogen) atoms. The number of ketones is 1. The molecule has 1 unspecified atom stereocenters. The molecule has 360 valence electrons. The molecule has 16 heteroatoms. The summed E-state index contributed by atoms with van der Waals surface area (Å²) >= 11 is 0. The first kappa shape index (κ1) is 49.2. The fraction of sp³-hybridized carbons (Fsp3) is 0.462. The lowest BCUT2D eigenvalue weighted by molar-refractivity contribution is -0.142. The molecule has 0 bridgehead atoms. The maximum atomic E-state index is 13.8. The van der Waals surface area contributed by atoms with Crippen molar-refractivity contribution in [1.29, 1.82) is 0 Å². The van der Waals surface area contributed by atoms with Crippen LogP contribution in [0.5, 0.6) is 5.75 Å². The van der Waals surface area contributed by atoms with Gasteiger partial charge in [-0.05, 0) is 93.5 Å². The van der Waals surface area contributed by atoms with Gasteiger partial charge in [-0.15, -0.1) is 0 Å². The van der Waals surface area contributed by atoms with Gasteiger partial charge in [0.1, 0.15) is 30.8 Å². The first-order chi connectivity index (χ1) is 32.7. The number of anilines is 1. The maximum absolute atomic E-state index is 13.8. The van der Waals surface area contributed by atoms with E-state index in [0.29, 0.717) is 54.6 Å². The number of hydrogen-bond acceptors (Lipinski definition) is 10. The van der Waals surface area contributed by atoms with Gasteiger partial charge in [0, 0.05) is 48.8 Å². The van der Waals surface area contributed by atoms with E-state index in [1.54, 1.807) is 36.4 Å². The molecule has 0 saturated carbocycles. The zero-order valence-electron chi connectivity index (χ0n) is 38.9. The highest BCUT2D eigenvalue weighted by Gasteiger charge is 2.58. The van der Waals surface area contributed by atoms with Crippen LogP contribution < -0.4 is 15.4 Å². The van der Waals surface area contributed by atoms with Crippen LogP contribution >= 0.6 is 0 Å². The lowest BCUT2D eigenvalue weighted by atomic mass is 9.94. The van der Waals surface area contributed by atoms with Crippen molar-refractivity contribution in [3.8, 4) is 5.75 Å². The number of amides is 7. The summed E-state index contributed by atoms with van der Waals surface area (Å²) in [5.74, 6) is -3.06. The number of ether oxygens (including phenoxy) is 2. The lowest BCUT2D eigenvalue weighted by Gasteiger charge is -2.29. The van der Waals surface area contributed by atoms with Gasteiger partial charge in [-0.25, -0.2) is 14.1 Å². The minimum Gasteiger partial charge on any atom is -0.485 e. The molecule has 7 rings (SSSR count). The van der Waals surface area contributed by atoms with Crippen LogP contribution in [0.4, 0.5) is 14.9 Å². The van der Waals surface area contributed by atoms with Crippen molar-refractivity contribution in [2.45, 2.75) is 141 Å². The summed E-state index contributed by atoms with van der Waals surface area (Å²) in [5.41, 5.74) is 1.91. The fourth-order valence-electron chi connectivity index (χ4n) is 9.46. The molecular formula is C52H60FN5O10. The Morgan fingerprint density at radius 1 is 0.882 bits per heavy atom. The average molecular weight is 934 g/mol. The molecule has 2 N–H and O–H groups in total. The SMILES string of the molecule is C=C1CCC(N2C(=O)c3cccc(OCC(=O)CCCCCCCCCCCCC(=O)Nc4ccc5c(c4)CC[C@@]54OC(=O)N(CC(=O)N(Cc5ccc(F)cc5)C(C)C)C4=O)c3C2=O)C(=O)N1. The number of benzene rings is 3. The van der Waals surface area contributed by atoms with Crippen LogP contribution in [-0.4, -0.2) is 87.3 Å². The molecule has 1 aliphatic carbocycles. The standard InChI is InChI=1S/C52H60FN5O10/c1-33(2)56(30-35-20-22-37(53)23-21-35)45(61)31-57-50(65)52(68-51(57)66)28-27-36-29-38(24-25-41(36)52)55-44(60)18-13-11-9-7-5-4-6-8-10-12-15-39(59)32-67-43-17-14-16-40-46(43)49(64)58(48(40)63)42-26-19-34(3)54-47(42)62/h14,16-17,20-25,29,33,42H,3-13,15,18-19,26-28,30-32H2,1-2H3,(H,54,62)(H,55,60)/t42?,52-/m1/s1. The van der Waals surface area contributed by atoms with Gasteiger partial charge in [-0.3, -0.25) is 38.5 Å². The summed E-state index contributed by atoms with van der Waals surface area (Å²) < 4.78 is 24.9. The van der Waals surface area contributed by atoms with Gasteiger partial charge < -0.3 is 25.0 Å². The highest BCUT2D eigenvalue weighted by Crippen LogP contribution is 2.46. The van der Waals surface area contributed by atoms with Gasteiger partial charge in [-0.1, -0.05) is 82.2 Å². The summed E-state index contributed by atoms with van der Waals surface area (Å²) in [6, 6.07) is 14.5. The summed E-state index contributed by atoms with van der Waals surface area (Å²) in [5, 5.41) is 5.57. The number of carbonyl (C=O) groups excluding carboxylic acids is 8. The van der Waals surface area contributed by atoms with E-state index in [0.717, 1.165) is 79.6 Å². The van der Waals surface area contributed by atoms with Gasteiger partial charge in [0.2, 0.25) is 23.3 Å². The van der Waals surface area contributed by atoms with Crippen molar-refractivity contribution in [1.82, 2.24) is 20.0 Å². The minimum atomic E-state index is -1.52. The van der Waals surface area contributed by atoms with E-state index in [1.165, 1.54) is 23.1 Å². The number of Topliss-reactive ketones (excluding diaryl/α,β-unsaturated/α-hetero) is 1. The maximum Gasteiger partial charge on any atom is 0.418 e. The minimum absolute atomic E-state index is 0.0784. The van der Waals surface area contributed by atoms with Gasteiger partial charge in [0.25, 0.3) is 17.7 Å². The van der Waals surface area contributed by atoms with Crippen molar-refractivity contribution in [2.24, 2.45) is 0 Å². The van der Waals surface area contributed by atoms with E-state index in [-0.39, 0.29) is 60.0 Å². The van der Waals surface area contributed by atoms with E-state index >= 15 is 0 Å². The second-order valence-corrected chi connectivity index (χ2v) is 18.4. The van der Waals surface area contributed by atoms with E-state index in [2.05, 4.69) is 17.2 Å². The van der Waals surface area contributed by atoms with Crippen molar-refractivity contribution in [2.75, 3.05) is 18.5 Å². The first-order valence-electron chi connectivity index (χ1n) is 23.8. The smallest absolute Gasteiger partial charge is 0.418 e. The quantitative estimate of drug-likeness (QED) is 0.0696. The summed E-state index contributed by atoms with van der Waals surface area (Å²) in [4.78, 5) is 108. The third-order valence-corrected chi connectivity index (χ3v) is 13.2. The van der Waals surface area contributed by atoms with E-state index < -0.39 is 53.8 Å². The number of hydrogen-bond donors (Lipinski definition) is 2. The molecule has 3 aliphatic heterocycles. The molecule has 2 fully saturated rings. The Bertz CT molecular complexity index is 2470.